The van der Waals surface area contributed by atoms with E-state index in [4.69, 9.17) is 4.43 Å². The Morgan fingerprint density at radius 1 is 1.13 bits per heavy atom. The second kappa shape index (κ2) is 6.85. The molecule has 0 aliphatic heterocycles. The van der Waals surface area contributed by atoms with Crippen molar-refractivity contribution in [3.63, 3.8) is 0 Å². The maximum Gasteiger partial charge on any atom is 0.192 e. The van der Waals surface area contributed by atoms with E-state index in [1.807, 2.05) is 35.0 Å². The van der Waals surface area contributed by atoms with Gasteiger partial charge in [-0.2, -0.15) is 0 Å². The van der Waals surface area contributed by atoms with Crippen LogP contribution in [0.1, 0.15) is 42.4 Å². The molecule has 0 unspecified atom stereocenters. The summed E-state index contributed by atoms with van der Waals surface area (Å²) in [5.41, 5.74) is 2.87. The molecule has 0 radical (unpaired) electrons. The Bertz CT molecular complexity index is 654. The van der Waals surface area contributed by atoms with Gasteiger partial charge in [0.15, 0.2) is 14.6 Å². The van der Waals surface area contributed by atoms with E-state index < -0.39 is 8.32 Å². The van der Waals surface area contributed by atoms with Crippen LogP contribution in [0.5, 0.6) is 0 Å². The van der Waals surface area contributed by atoms with Crippen molar-refractivity contribution in [1.82, 2.24) is 4.57 Å². The van der Waals surface area contributed by atoms with Gasteiger partial charge in [-0.15, -0.1) is 0 Å². The Balaban J connectivity index is 2.14. The Morgan fingerprint density at radius 3 is 2.35 bits per heavy atom. The van der Waals surface area contributed by atoms with E-state index in [0.29, 0.717) is 18.8 Å². The number of rotatable bonds is 6. The van der Waals surface area contributed by atoms with Crippen molar-refractivity contribution in [3.05, 3.63) is 59.4 Å². The molecule has 0 atom stereocenters. The summed E-state index contributed by atoms with van der Waals surface area (Å²) in [7, 11) is -1.81. The van der Waals surface area contributed by atoms with Crippen molar-refractivity contribution in [1.29, 1.82) is 0 Å². The number of hydrogen-bond acceptors (Lipinski definition) is 2. The predicted molar refractivity (Wildman–Crippen MR) is 97.3 cm³/mol. The number of aldehydes is 1. The van der Waals surface area contributed by atoms with Crippen LogP contribution in [0.25, 0.3) is 0 Å². The molecule has 0 fully saturated rings. The van der Waals surface area contributed by atoms with Crippen LogP contribution in [0.4, 0.5) is 0 Å². The molecule has 124 valence electrons. The van der Waals surface area contributed by atoms with Crippen LogP contribution in [0.2, 0.25) is 18.1 Å². The summed E-state index contributed by atoms with van der Waals surface area (Å²) in [5.74, 6) is 0. The van der Waals surface area contributed by atoms with E-state index in [2.05, 4.69) is 46.0 Å². The van der Waals surface area contributed by atoms with Gasteiger partial charge >= 0.3 is 0 Å². The second-order valence-corrected chi connectivity index (χ2v) is 12.3. The lowest BCUT2D eigenvalue weighted by molar-refractivity contribution is 0.111. The first-order valence-electron chi connectivity index (χ1n) is 8.06. The highest BCUT2D eigenvalue weighted by atomic mass is 28.4. The summed E-state index contributed by atoms with van der Waals surface area (Å²) in [4.78, 5) is 11.6. The normalized spacial score (nSPS) is 12.4. The molecule has 0 aliphatic carbocycles. The molecule has 0 N–H and O–H groups in total. The molecular weight excluding hydrogens is 302 g/mol. The van der Waals surface area contributed by atoms with Gasteiger partial charge in [0.2, 0.25) is 0 Å². The summed E-state index contributed by atoms with van der Waals surface area (Å²) in [6.07, 6.45) is 2.91. The van der Waals surface area contributed by atoms with Crippen molar-refractivity contribution < 1.29 is 9.22 Å². The maximum absolute atomic E-state index is 11.6. The van der Waals surface area contributed by atoms with Crippen LogP contribution in [-0.4, -0.2) is 19.2 Å². The fraction of sp³-hybridized carbons (Fsp3) is 0.421. The Morgan fingerprint density at radius 2 is 1.78 bits per heavy atom. The molecule has 0 saturated heterocycles. The highest BCUT2D eigenvalue weighted by Crippen LogP contribution is 2.37. The highest BCUT2D eigenvalue weighted by Gasteiger charge is 2.37. The summed E-state index contributed by atoms with van der Waals surface area (Å²) >= 11 is 0. The third kappa shape index (κ3) is 4.21. The number of benzene rings is 1. The molecule has 1 aromatic heterocycles. The SMILES string of the molecule is CC(C)(C)[Si](C)(C)OCc1ccn(Cc2ccccc2)c1C=O. The first-order valence-corrected chi connectivity index (χ1v) is 11.0. The van der Waals surface area contributed by atoms with Gasteiger partial charge in [-0.3, -0.25) is 4.79 Å². The average molecular weight is 330 g/mol. The van der Waals surface area contributed by atoms with Gasteiger partial charge in [0.1, 0.15) is 0 Å². The largest absolute Gasteiger partial charge is 0.412 e. The lowest BCUT2D eigenvalue weighted by Gasteiger charge is -2.36. The molecule has 0 aliphatic rings. The third-order valence-corrected chi connectivity index (χ3v) is 9.27. The van der Waals surface area contributed by atoms with E-state index in [-0.39, 0.29) is 5.04 Å². The first kappa shape index (κ1) is 17.7. The van der Waals surface area contributed by atoms with Gasteiger partial charge < -0.3 is 8.99 Å². The zero-order valence-electron chi connectivity index (χ0n) is 14.8. The molecule has 1 heterocycles. The van der Waals surface area contributed by atoms with E-state index >= 15 is 0 Å². The van der Waals surface area contributed by atoms with Crippen LogP contribution in [0.3, 0.4) is 0 Å². The lowest BCUT2D eigenvalue weighted by Crippen LogP contribution is -2.40. The topological polar surface area (TPSA) is 31.2 Å². The number of nitrogens with zero attached hydrogens (tertiary/aromatic N) is 1. The van der Waals surface area contributed by atoms with Crippen LogP contribution < -0.4 is 0 Å². The summed E-state index contributed by atoms with van der Waals surface area (Å²) < 4.78 is 8.25. The van der Waals surface area contributed by atoms with Crippen LogP contribution >= 0.6 is 0 Å². The molecule has 4 heteroatoms. The molecular formula is C19H27NO2Si. The number of carbonyl (C=O) groups excluding carboxylic acids is 1. The minimum absolute atomic E-state index is 0.168. The molecule has 2 rings (SSSR count). The standard InChI is InChI=1S/C19H27NO2Si/c1-19(2,3)23(4,5)22-15-17-11-12-20(18(17)14-21)13-16-9-7-6-8-10-16/h6-12,14H,13,15H2,1-5H3. The Labute approximate surface area is 140 Å². The quantitative estimate of drug-likeness (QED) is 0.559. The molecule has 0 saturated carbocycles. The molecule has 0 bridgehead atoms. The molecule has 2 aromatic rings. The Kier molecular flexibility index (Phi) is 5.27. The smallest absolute Gasteiger partial charge is 0.192 e. The van der Waals surface area contributed by atoms with Gasteiger partial charge in [0.25, 0.3) is 0 Å². The van der Waals surface area contributed by atoms with E-state index in [1.54, 1.807) is 0 Å². The van der Waals surface area contributed by atoms with E-state index in [0.717, 1.165) is 11.8 Å². The molecule has 0 spiro atoms. The predicted octanol–water partition coefficient (Wildman–Crippen LogP) is 4.87. The van der Waals surface area contributed by atoms with Crippen LogP contribution in [0, 0.1) is 0 Å². The molecule has 3 nitrogen and oxygen atoms in total. The van der Waals surface area contributed by atoms with Crippen molar-refractivity contribution >= 4 is 14.6 Å². The van der Waals surface area contributed by atoms with Crippen LogP contribution in [-0.2, 0) is 17.6 Å². The fourth-order valence-electron chi connectivity index (χ4n) is 2.19. The zero-order chi connectivity index (χ0) is 17.1. The van der Waals surface area contributed by atoms with Crippen molar-refractivity contribution in [3.8, 4) is 0 Å². The molecule has 23 heavy (non-hydrogen) atoms. The van der Waals surface area contributed by atoms with Gasteiger partial charge in [-0.05, 0) is 29.8 Å². The van der Waals surface area contributed by atoms with Crippen LogP contribution in [0.15, 0.2) is 42.6 Å². The Hall–Kier alpha value is -1.65. The molecule has 1 aromatic carbocycles. The van der Waals surface area contributed by atoms with E-state index in [9.17, 15) is 4.79 Å². The summed E-state index contributed by atoms with van der Waals surface area (Å²) in [5, 5.41) is 0.168. The van der Waals surface area contributed by atoms with Gasteiger partial charge in [-0.1, -0.05) is 51.1 Å². The number of aromatic nitrogens is 1. The fourth-order valence-corrected chi connectivity index (χ4v) is 3.14. The minimum Gasteiger partial charge on any atom is -0.412 e. The maximum atomic E-state index is 11.6. The van der Waals surface area contributed by atoms with Crippen molar-refractivity contribution in [2.24, 2.45) is 0 Å². The molecule has 0 amide bonds. The first-order chi connectivity index (χ1) is 10.7. The second-order valence-electron chi connectivity index (χ2n) is 7.51. The van der Waals surface area contributed by atoms with Gasteiger partial charge in [0.05, 0.1) is 12.3 Å². The summed E-state index contributed by atoms with van der Waals surface area (Å²) in [6, 6.07) is 12.2. The number of hydrogen-bond donors (Lipinski definition) is 0. The average Bonchev–Trinajstić information content (AvgIpc) is 2.87. The third-order valence-electron chi connectivity index (χ3n) is 4.80. The number of carbonyl (C=O) groups is 1. The zero-order valence-corrected chi connectivity index (χ0v) is 15.8. The highest BCUT2D eigenvalue weighted by molar-refractivity contribution is 6.74. The summed E-state index contributed by atoms with van der Waals surface area (Å²) in [6.45, 7) is 12.3. The van der Waals surface area contributed by atoms with Crippen molar-refractivity contribution in [2.45, 2.75) is 52.1 Å². The minimum atomic E-state index is -1.81. The van der Waals surface area contributed by atoms with Gasteiger partial charge in [0, 0.05) is 18.3 Å². The van der Waals surface area contributed by atoms with E-state index in [1.165, 1.54) is 5.56 Å². The lowest BCUT2D eigenvalue weighted by atomic mass is 10.2. The monoisotopic (exact) mass is 329 g/mol. The van der Waals surface area contributed by atoms with Gasteiger partial charge in [-0.25, -0.2) is 0 Å². The van der Waals surface area contributed by atoms with Crippen molar-refractivity contribution in [2.75, 3.05) is 0 Å².